The average Bonchev–Trinajstić information content (AvgIpc) is 2.77. The van der Waals surface area contributed by atoms with Crippen LogP contribution in [-0.4, -0.2) is 62.8 Å². The Bertz CT molecular complexity index is 1170. The number of carbonyl (C=O) groups excluding carboxylic acids is 2. The van der Waals surface area contributed by atoms with Gasteiger partial charge < -0.3 is 9.80 Å². The van der Waals surface area contributed by atoms with Crippen LogP contribution in [0.25, 0.3) is 0 Å². The van der Waals surface area contributed by atoms with E-state index in [0.717, 1.165) is 17.7 Å². The molecular formula is C23H26F3N3O4S. The highest BCUT2D eigenvalue weighted by molar-refractivity contribution is 7.89. The van der Waals surface area contributed by atoms with Gasteiger partial charge in [0.05, 0.1) is 10.5 Å². The molecule has 0 saturated carbocycles. The van der Waals surface area contributed by atoms with Crippen LogP contribution in [0.2, 0.25) is 0 Å². The molecule has 1 heterocycles. The Morgan fingerprint density at radius 3 is 2.24 bits per heavy atom. The summed E-state index contributed by atoms with van der Waals surface area (Å²) < 4.78 is 66.2. The molecule has 1 N–H and O–H groups in total. The monoisotopic (exact) mass is 497 g/mol. The molecule has 0 aromatic heterocycles. The third-order valence-corrected chi connectivity index (χ3v) is 7.23. The predicted octanol–water partition coefficient (Wildman–Crippen LogP) is 2.98. The number of piperazine rings is 1. The van der Waals surface area contributed by atoms with Gasteiger partial charge in [0, 0.05) is 44.7 Å². The molecule has 1 fully saturated rings. The average molecular weight is 498 g/mol. The number of sulfonamides is 1. The van der Waals surface area contributed by atoms with E-state index in [4.69, 9.17) is 0 Å². The topological polar surface area (TPSA) is 86.8 Å². The van der Waals surface area contributed by atoms with Gasteiger partial charge in [0.2, 0.25) is 15.9 Å². The Kier molecular flexibility index (Phi) is 7.67. The van der Waals surface area contributed by atoms with E-state index < -0.39 is 27.7 Å². The van der Waals surface area contributed by atoms with E-state index in [1.165, 1.54) is 28.0 Å². The SMILES string of the molecule is Cc1ccc(S(=O)(=O)NCCC(=O)N2CCN(C(=O)c3cccc(C(F)(F)F)c3)CC2)c(C)c1. The van der Waals surface area contributed by atoms with Crippen molar-refractivity contribution < 1.29 is 31.2 Å². The van der Waals surface area contributed by atoms with Crippen molar-refractivity contribution in [3.8, 4) is 0 Å². The zero-order valence-corrected chi connectivity index (χ0v) is 19.7. The Balaban J connectivity index is 1.50. The second kappa shape index (κ2) is 10.1. The summed E-state index contributed by atoms with van der Waals surface area (Å²) in [5.74, 6) is -0.797. The van der Waals surface area contributed by atoms with Crippen LogP contribution in [0.15, 0.2) is 47.4 Å². The maximum Gasteiger partial charge on any atom is 0.416 e. The highest BCUT2D eigenvalue weighted by Crippen LogP contribution is 2.29. The van der Waals surface area contributed by atoms with Crippen molar-refractivity contribution in [3.05, 3.63) is 64.7 Å². The van der Waals surface area contributed by atoms with Crippen LogP contribution in [-0.2, 0) is 21.0 Å². The number of benzene rings is 2. The molecule has 0 aliphatic carbocycles. The molecule has 0 bridgehead atoms. The van der Waals surface area contributed by atoms with Crippen LogP contribution in [0.4, 0.5) is 13.2 Å². The van der Waals surface area contributed by atoms with Crippen molar-refractivity contribution in [2.45, 2.75) is 31.3 Å². The van der Waals surface area contributed by atoms with E-state index >= 15 is 0 Å². The number of alkyl halides is 3. The van der Waals surface area contributed by atoms with Crippen LogP contribution in [0.5, 0.6) is 0 Å². The number of amides is 2. The lowest BCUT2D eigenvalue weighted by atomic mass is 10.1. The minimum atomic E-state index is -4.54. The summed E-state index contributed by atoms with van der Waals surface area (Å²) in [6.07, 6.45) is -4.59. The zero-order valence-electron chi connectivity index (χ0n) is 18.9. The first kappa shape index (κ1) is 25.7. The molecular weight excluding hydrogens is 471 g/mol. The molecule has 2 amide bonds. The maximum atomic E-state index is 12.9. The lowest BCUT2D eigenvalue weighted by Gasteiger charge is -2.35. The van der Waals surface area contributed by atoms with Gasteiger partial charge in [-0.25, -0.2) is 13.1 Å². The summed E-state index contributed by atoms with van der Waals surface area (Å²) in [6.45, 7) is 4.28. The molecule has 0 atom stereocenters. The van der Waals surface area contributed by atoms with Crippen LogP contribution in [0.3, 0.4) is 0 Å². The van der Waals surface area contributed by atoms with E-state index in [2.05, 4.69) is 4.72 Å². The lowest BCUT2D eigenvalue weighted by molar-refractivity contribution is -0.137. The maximum absolute atomic E-state index is 12.9. The van der Waals surface area contributed by atoms with Gasteiger partial charge in [0.1, 0.15) is 0 Å². The Morgan fingerprint density at radius 1 is 0.971 bits per heavy atom. The molecule has 2 aromatic rings. The van der Waals surface area contributed by atoms with E-state index in [-0.39, 0.29) is 55.5 Å². The van der Waals surface area contributed by atoms with Crippen molar-refractivity contribution in [1.29, 1.82) is 0 Å². The number of hydrogen-bond acceptors (Lipinski definition) is 4. The normalized spacial score (nSPS) is 14.9. The van der Waals surface area contributed by atoms with Crippen LogP contribution >= 0.6 is 0 Å². The van der Waals surface area contributed by atoms with Gasteiger partial charge in [-0.1, -0.05) is 23.8 Å². The summed E-state index contributed by atoms with van der Waals surface area (Å²) in [4.78, 5) is 28.2. The Hall–Kier alpha value is -2.92. The first-order valence-corrected chi connectivity index (χ1v) is 12.2. The summed E-state index contributed by atoms with van der Waals surface area (Å²) in [5.41, 5.74) is 0.601. The van der Waals surface area contributed by atoms with Crippen LogP contribution in [0, 0.1) is 13.8 Å². The van der Waals surface area contributed by atoms with Crippen molar-refractivity contribution >= 4 is 21.8 Å². The van der Waals surface area contributed by atoms with E-state index in [1.54, 1.807) is 19.1 Å². The largest absolute Gasteiger partial charge is 0.416 e. The summed E-state index contributed by atoms with van der Waals surface area (Å²) in [6, 6.07) is 9.23. The standard InChI is InChI=1S/C23H26F3N3O4S/c1-16-6-7-20(17(2)14-16)34(32,33)27-9-8-21(30)28-10-12-29(13-11-28)22(31)18-4-3-5-19(15-18)23(24,25)26/h3-7,14-15,27H,8-13H2,1-2H3. The highest BCUT2D eigenvalue weighted by Gasteiger charge is 2.32. The van der Waals surface area contributed by atoms with Crippen molar-refractivity contribution in [2.75, 3.05) is 32.7 Å². The quantitative estimate of drug-likeness (QED) is 0.665. The van der Waals surface area contributed by atoms with Gasteiger partial charge >= 0.3 is 6.18 Å². The van der Waals surface area contributed by atoms with Crippen molar-refractivity contribution in [2.24, 2.45) is 0 Å². The van der Waals surface area contributed by atoms with Crippen molar-refractivity contribution in [3.63, 3.8) is 0 Å². The predicted molar refractivity (Wildman–Crippen MR) is 120 cm³/mol. The minimum absolute atomic E-state index is 0.0499. The van der Waals surface area contributed by atoms with Gasteiger partial charge in [0.25, 0.3) is 5.91 Å². The summed E-state index contributed by atoms with van der Waals surface area (Å²) in [7, 11) is -3.75. The van der Waals surface area contributed by atoms with E-state index in [9.17, 15) is 31.2 Å². The molecule has 2 aromatic carbocycles. The second-order valence-electron chi connectivity index (χ2n) is 8.17. The summed E-state index contributed by atoms with van der Waals surface area (Å²) in [5, 5.41) is 0. The molecule has 11 heteroatoms. The molecule has 0 unspecified atom stereocenters. The first-order chi connectivity index (χ1) is 15.9. The number of aryl methyl sites for hydroxylation is 2. The molecule has 1 aliphatic rings. The summed E-state index contributed by atoms with van der Waals surface area (Å²) >= 11 is 0. The second-order valence-corrected chi connectivity index (χ2v) is 9.90. The molecule has 1 aliphatic heterocycles. The fourth-order valence-corrected chi connectivity index (χ4v) is 5.06. The minimum Gasteiger partial charge on any atom is -0.339 e. The molecule has 0 spiro atoms. The van der Waals surface area contributed by atoms with Gasteiger partial charge in [-0.05, 0) is 43.7 Å². The molecule has 3 rings (SSSR count). The molecule has 7 nitrogen and oxygen atoms in total. The van der Waals surface area contributed by atoms with Gasteiger partial charge in [-0.15, -0.1) is 0 Å². The van der Waals surface area contributed by atoms with Crippen molar-refractivity contribution in [1.82, 2.24) is 14.5 Å². The zero-order chi connectivity index (χ0) is 25.1. The Labute approximate surface area is 196 Å². The van der Waals surface area contributed by atoms with Gasteiger partial charge in [-0.3, -0.25) is 9.59 Å². The smallest absolute Gasteiger partial charge is 0.339 e. The number of hydrogen-bond donors (Lipinski definition) is 1. The van der Waals surface area contributed by atoms with Crippen LogP contribution in [0.1, 0.15) is 33.5 Å². The third kappa shape index (κ3) is 6.15. The molecule has 184 valence electrons. The van der Waals surface area contributed by atoms with Crippen LogP contribution < -0.4 is 4.72 Å². The number of carbonyl (C=O) groups is 2. The van der Waals surface area contributed by atoms with E-state index in [0.29, 0.717) is 5.56 Å². The van der Waals surface area contributed by atoms with E-state index in [1.807, 2.05) is 6.92 Å². The number of nitrogens with one attached hydrogen (secondary N) is 1. The highest BCUT2D eigenvalue weighted by atomic mass is 32.2. The Morgan fingerprint density at radius 2 is 1.62 bits per heavy atom. The van der Waals surface area contributed by atoms with Gasteiger partial charge in [0.15, 0.2) is 0 Å². The fourth-order valence-electron chi connectivity index (χ4n) is 3.80. The third-order valence-electron chi connectivity index (χ3n) is 5.61. The number of nitrogens with zero attached hydrogens (tertiary/aromatic N) is 2. The first-order valence-electron chi connectivity index (χ1n) is 10.7. The van der Waals surface area contributed by atoms with Gasteiger partial charge in [-0.2, -0.15) is 13.2 Å². The molecule has 34 heavy (non-hydrogen) atoms. The lowest BCUT2D eigenvalue weighted by Crippen LogP contribution is -2.51. The fraction of sp³-hybridized carbons (Fsp3) is 0.391. The number of rotatable bonds is 6. The molecule has 0 radical (unpaired) electrons. The number of halogens is 3. The molecule has 1 saturated heterocycles.